The fraction of sp³-hybridized carbons (Fsp3) is 0.611. The van der Waals surface area contributed by atoms with Crippen LogP contribution in [-0.2, 0) is 22.9 Å². The molecule has 0 fully saturated rings. The number of rotatable bonds is 10. The first-order chi connectivity index (χ1) is 9.24. The van der Waals surface area contributed by atoms with Gasteiger partial charge in [0.05, 0.1) is 0 Å². The monoisotopic (exact) mass is 319 g/mol. The summed E-state index contributed by atoms with van der Waals surface area (Å²) in [5, 5.41) is 9.81. The van der Waals surface area contributed by atoms with E-state index in [1.807, 2.05) is 13.0 Å². The average Bonchev–Trinajstić information content (AvgIpc) is 2.39. The normalized spacial score (nSPS) is 10.3. The molecule has 0 saturated heterocycles. The van der Waals surface area contributed by atoms with E-state index in [1.54, 1.807) is 0 Å². The van der Waals surface area contributed by atoms with Gasteiger partial charge in [0.25, 0.3) is 0 Å². The Morgan fingerprint density at radius 1 is 0.900 bits per heavy atom. The Balaban J connectivity index is 0.00000361. The second kappa shape index (κ2) is 12.3. The van der Waals surface area contributed by atoms with Gasteiger partial charge in [-0.25, -0.2) is 0 Å². The summed E-state index contributed by atoms with van der Waals surface area (Å²) >= 11 is 0. The van der Waals surface area contributed by atoms with Crippen LogP contribution in [0.5, 0.6) is 5.75 Å². The van der Waals surface area contributed by atoms with Crippen molar-refractivity contribution in [2.75, 3.05) is 0 Å². The van der Waals surface area contributed by atoms with Crippen molar-refractivity contribution in [2.24, 2.45) is 0 Å². The van der Waals surface area contributed by atoms with Gasteiger partial charge in [-0.3, -0.25) is 0 Å². The van der Waals surface area contributed by atoms with Gasteiger partial charge in [0.1, 0.15) is 5.75 Å². The Labute approximate surface area is 135 Å². The van der Waals surface area contributed by atoms with Crippen molar-refractivity contribution in [1.82, 2.24) is 0 Å². The number of phenols is 1. The van der Waals surface area contributed by atoms with Crippen molar-refractivity contribution in [3.63, 3.8) is 0 Å². The Morgan fingerprint density at radius 2 is 1.45 bits per heavy atom. The molecule has 0 aliphatic heterocycles. The van der Waals surface area contributed by atoms with Crippen molar-refractivity contribution in [3.8, 4) is 5.75 Å². The summed E-state index contributed by atoms with van der Waals surface area (Å²) < 4.78 is 0. The molecule has 0 aliphatic rings. The molecule has 0 heterocycles. The molecule has 1 N–H and O–H groups in total. The van der Waals surface area contributed by atoms with E-state index in [2.05, 4.69) is 19.1 Å². The number of hydrogen-bond donors (Lipinski definition) is 1. The van der Waals surface area contributed by atoms with Gasteiger partial charge in [-0.15, -0.1) is 0 Å². The molecule has 1 aromatic rings. The third kappa shape index (κ3) is 8.64. The first-order valence-corrected chi connectivity index (χ1v) is 7.82. The summed E-state index contributed by atoms with van der Waals surface area (Å²) in [5.41, 5.74) is 2.23. The summed E-state index contributed by atoms with van der Waals surface area (Å²) in [4.78, 5) is 0. The van der Waals surface area contributed by atoms with Crippen molar-refractivity contribution >= 4 is 0 Å². The zero-order valence-corrected chi connectivity index (χ0v) is 13.8. The number of aromatic hydroxyl groups is 1. The molecule has 0 spiro atoms. The van der Waals surface area contributed by atoms with Crippen LogP contribution in [0.25, 0.3) is 0 Å². The van der Waals surface area contributed by atoms with Crippen LogP contribution in [0.3, 0.4) is 0 Å². The predicted octanol–water partition coefficient (Wildman–Crippen LogP) is 5.59. The molecule has 2 heteroatoms. The maximum absolute atomic E-state index is 9.81. The zero-order chi connectivity index (χ0) is 13.9. The fourth-order valence-corrected chi connectivity index (χ4v) is 2.44. The van der Waals surface area contributed by atoms with Gasteiger partial charge in [-0.1, -0.05) is 57.1 Å². The summed E-state index contributed by atoms with van der Waals surface area (Å²) in [6.45, 7) is 5.88. The zero-order valence-electron chi connectivity index (χ0n) is 12.8. The minimum Gasteiger partial charge on any atom is -0.508 e. The van der Waals surface area contributed by atoms with Crippen LogP contribution in [0.2, 0.25) is 0 Å². The molecule has 118 valence electrons. The summed E-state index contributed by atoms with van der Waals surface area (Å²) in [7, 11) is 0. The van der Waals surface area contributed by atoms with Gasteiger partial charge in [0.15, 0.2) is 0 Å². The molecule has 0 aromatic heterocycles. The van der Waals surface area contributed by atoms with E-state index >= 15 is 0 Å². The average molecular weight is 320 g/mol. The number of unbranched alkanes of at least 4 members (excludes halogenated alkanes) is 8. The SMILES string of the molecule is [CH2-]CCCCCCCCCCc1ccc(C)cc1O.[Ni]. The van der Waals surface area contributed by atoms with Gasteiger partial charge in [-0.2, -0.15) is 6.42 Å². The first-order valence-electron chi connectivity index (χ1n) is 7.82. The Kier molecular flexibility index (Phi) is 12.0. The van der Waals surface area contributed by atoms with Crippen molar-refractivity contribution in [2.45, 2.75) is 71.1 Å². The number of aryl methyl sites for hydroxylation is 2. The third-order valence-corrected chi connectivity index (χ3v) is 3.69. The van der Waals surface area contributed by atoms with Gasteiger partial charge >= 0.3 is 0 Å². The minimum atomic E-state index is 0. The topological polar surface area (TPSA) is 20.2 Å². The molecule has 20 heavy (non-hydrogen) atoms. The number of phenolic OH excluding ortho intramolecular Hbond substituents is 1. The van der Waals surface area contributed by atoms with Gasteiger partial charge in [-0.05, 0) is 37.0 Å². The molecule has 0 amide bonds. The maximum atomic E-state index is 9.81. The number of benzene rings is 1. The van der Waals surface area contributed by atoms with Crippen LogP contribution in [0.15, 0.2) is 18.2 Å². The standard InChI is InChI=1S/C18H29O.Ni/c1-3-4-5-6-7-8-9-10-11-12-17-14-13-16(2)15-18(17)19;/h13-15,19H,1,3-12H2,2H3;/q-1;. The molecule has 1 rings (SSSR count). The van der Waals surface area contributed by atoms with Crippen LogP contribution in [-0.4, -0.2) is 5.11 Å². The van der Waals surface area contributed by atoms with Gasteiger partial charge in [0.2, 0.25) is 0 Å². The van der Waals surface area contributed by atoms with Crippen molar-refractivity contribution < 1.29 is 21.6 Å². The van der Waals surface area contributed by atoms with E-state index < -0.39 is 0 Å². The van der Waals surface area contributed by atoms with Gasteiger partial charge < -0.3 is 12.0 Å². The molecule has 0 saturated carbocycles. The van der Waals surface area contributed by atoms with E-state index in [4.69, 9.17) is 0 Å². The Hall–Kier alpha value is -0.486. The smallest absolute Gasteiger partial charge is 0.119 e. The van der Waals surface area contributed by atoms with Crippen LogP contribution in [0.1, 0.15) is 68.9 Å². The van der Waals surface area contributed by atoms with E-state index in [0.717, 1.165) is 24.0 Å². The molecule has 0 atom stereocenters. The largest absolute Gasteiger partial charge is 0.508 e. The van der Waals surface area contributed by atoms with Crippen LogP contribution in [0.4, 0.5) is 0 Å². The molecule has 1 aromatic carbocycles. The molecule has 0 unspecified atom stereocenters. The molecular weight excluding hydrogens is 291 g/mol. The molecule has 0 aliphatic carbocycles. The van der Waals surface area contributed by atoms with E-state index in [-0.39, 0.29) is 16.5 Å². The second-order valence-electron chi connectivity index (χ2n) is 5.56. The molecule has 0 radical (unpaired) electrons. The summed E-state index contributed by atoms with van der Waals surface area (Å²) in [6.07, 6.45) is 12.6. The van der Waals surface area contributed by atoms with E-state index in [9.17, 15) is 5.11 Å². The van der Waals surface area contributed by atoms with Gasteiger partial charge in [0, 0.05) is 16.5 Å². The quantitative estimate of drug-likeness (QED) is 0.339. The molecule has 1 nitrogen and oxygen atoms in total. The predicted molar refractivity (Wildman–Crippen MR) is 83.5 cm³/mol. The van der Waals surface area contributed by atoms with Crippen LogP contribution < -0.4 is 0 Å². The molecular formula is C18H29NiO-. The second-order valence-corrected chi connectivity index (χ2v) is 5.56. The first kappa shape index (κ1) is 19.5. The maximum Gasteiger partial charge on any atom is 0.119 e. The van der Waals surface area contributed by atoms with Crippen LogP contribution in [0, 0.1) is 13.8 Å². The molecule has 0 bridgehead atoms. The minimum absolute atomic E-state index is 0. The Bertz CT molecular complexity index is 349. The Morgan fingerprint density at radius 3 is 2.00 bits per heavy atom. The fourth-order valence-electron chi connectivity index (χ4n) is 2.44. The van der Waals surface area contributed by atoms with E-state index in [1.165, 1.54) is 51.4 Å². The van der Waals surface area contributed by atoms with E-state index in [0.29, 0.717) is 5.75 Å². The summed E-state index contributed by atoms with van der Waals surface area (Å²) in [5.74, 6) is 0.466. The van der Waals surface area contributed by atoms with Crippen LogP contribution >= 0.6 is 0 Å². The van der Waals surface area contributed by atoms with Crippen molar-refractivity contribution in [1.29, 1.82) is 0 Å². The third-order valence-electron chi connectivity index (χ3n) is 3.69. The van der Waals surface area contributed by atoms with Crippen molar-refractivity contribution in [3.05, 3.63) is 36.2 Å². The summed E-state index contributed by atoms with van der Waals surface area (Å²) in [6, 6.07) is 6.00. The number of hydrogen-bond acceptors (Lipinski definition) is 1.